The van der Waals surface area contributed by atoms with Gasteiger partial charge in [-0.3, -0.25) is 4.79 Å². The molecular weight excluding hydrogens is 458 g/mol. The van der Waals surface area contributed by atoms with E-state index >= 15 is 0 Å². The molecule has 0 atom stereocenters. The molecule has 0 unspecified atom stereocenters. The Morgan fingerprint density at radius 3 is 2.24 bits per heavy atom. The quantitative estimate of drug-likeness (QED) is 0.443. The molecule has 2 aromatic carbocycles. The molecular formula is C20H16BrN3O4S. The van der Waals surface area contributed by atoms with Gasteiger partial charge in [-0.2, -0.15) is 9.50 Å². The van der Waals surface area contributed by atoms with Crippen LogP contribution in [0, 0.1) is 0 Å². The molecule has 0 bridgehead atoms. The monoisotopic (exact) mass is 473 g/mol. The Kier molecular flexibility index (Phi) is 5.25. The fourth-order valence-electron chi connectivity index (χ4n) is 2.89. The first-order valence-corrected chi connectivity index (χ1v) is 10.1. The Morgan fingerprint density at radius 1 is 1.03 bits per heavy atom. The molecule has 0 spiro atoms. The number of hydrogen-bond acceptors (Lipinski definition) is 7. The lowest BCUT2D eigenvalue weighted by molar-refractivity contribution is 0.324. The summed E-state index contributed by atoms with van der Waals surface area (Å²) in [5.41, 5.74) is 1.36. The fourth-order valence-corrected chi connectivity index (χ4v) is 4.06. The highest BCUT2D eigenvalue weighted by Gasteiger charge is 2.14. The van der Waals surface area contributed by atoms with Crippen molar-refractivity contribution in [3.63, 3.8) is 0 Å². The number of nitrogens with zero attached hydrogens (tertiary/aromatic N) is 3. The Labute approximate surface area is 178 Å². The van der Waals surface area contributed by atoms with Gasteiger partial charge in [0, 0.05) is 10.0 Å². The SMILES string of the molecule is COc1cc(/C=c2/sc3nc(-c4ccc(Br)cc4)nn3c2=O)cc(OC)c1OC. The molecule has 0 saturated heterocycles. The summed E-state index contributed by atoms with van der Waals surface area (Å²) in [4.78, 5) is 17.8. The lowest BCUT2D eigenvalue weighted by Gasteiger charge is -2.12. The van der Waals surface area contributed by atoms with E-state index in [1.165, 1.54) is 15.9 Å². The van der Waals surface area contributed by atoms with Crippen molar-refractivity contribution in [1.29, 1.82) is 0 Å². The minimum atomic E-state index is -0.227. The van der Waals surface area contributed by atoms with Gasteiger partial charge >= 0.3 is 0 Å². The van der Waals surface area contributed by atoms with Gasteiger partial charge in [-0.25, -0.2) is 0 Å². The van der Waals surface area contributed by atoms with E-state index in [-0.39, 0.29) is 5.56 Å². The lowest BCUT2D eigenvalue weighted by atomic mass is 10.1. The molecule has 0 fully saturated rings. The van der Waals surface area contributed by atoms with Gasteiger partial charge in [0.05, 0.1) is 25.9 Å². The second-order valence-electron chi connectivity index (χ2n) is 6.01. The number of aromatic nitrogens is 3. The highest BCUT2D eigenvalue weighted by Crippen LogP contribution is 2.38. The van der Waals surface area contributed by atoms with Gasteiger partial charge in [0.15, 0.2) is 17.3 Å². The number of methoxy groups -OCH3 is 3. The van der Waals surface area contributed by atoms with E-state index in [0.717, 1.165) is 15.6 Å². The van der Waals surface area contributed by atoms with E-state index < -0.39 is 0 Å². The van der Waals surface area contributed by atoms with Crippen LogP contribution in [-0.4, -0.2) is 35.9 Å². The minimum Gasteiger partial charge on any atom is -0.493 e. The van der Waals surface area contributed by atoms with Crippen LogP contribution in [0.2, 0.25) is 0 Å². The molecule has 0 N–H and O–H groups in total. The molecule has 148 valence electrons. The molecule has 2 aromatic heterocycles. The molecule has 0 aliphatic heterocycles. The van der Waals surface area contributed by atoms with Crippen LogP contribution in [-0.2, 0) is 0 Å². The number of thiazole rings is 1. The molecule has 2 heterocycles. The van der Waals surface area contributed by atoms with Crippen LogP contribution in [0.5, 0.6) is 17.2 Å². The van der Waals surface area contributed by atoms with Crippen LogP contribution in [0.3, 0.4) is 0 Å². The zero-order valence-electron chi connectivity index (χ0n) is 15.8. The van der Waals surface area contributed by atoms with Crippen LogP contribution in [0.4, 0.5) is 0 Å². The Bertz CT molecular complexity index is 1270. The van der Waals surface area contributed by atoms with E-state index in [4.69, 9.17) is 14.2 Å². The van der Waals surface area contributed by atoms with Crippen LogP contribution in [0.25, 0.3) is 22.4 Å². The maximum atomic E-state index is 12.8. The van der Waals surface area contributed by atoms with Gasteiger partial charge in [-0.1, -0.05) is 39.4 Å². The summed E-state index contributed by atoms with van der Waals surface area (Å²) in [6, 6.07) is 11.2. The first-order chi connectivity index (χ1) is 14.0. The Balaban J connectivity index is 1.80. The number of halogens is 1. The number of benzene rings is 2. The van der Waals surface area contributed by atoms with Gasteiger partial charge in [-0.05, 0) is 35.9 Å². The average Bonchev–Trinajstić information content (AvgIpc) is 3.27. The summed E-state index contributed by atoms with van der Waals surface area (Å²) in [5, 5.41) is 4.37. The second kappa shape index (κ2) is 7.84. The van der Waals surface area contributed by atoms with Gasteiger partial charge in [0.1, 0.15) is 0 Å². The second-order valence-corrected chi connectivity index (χ2v) is 7.94. The maximum Gasteiger partial charge on any atom is 0.291 e. The predicted molar refractivity (Wildman–Crippen MR) is 115 cm³/mol. The first-order valence-electron chi connectivity index (χ1n) is 8.51. The molecule has 0 radical (unpaired) electrons. The highest BCUT2D eigenvalue weighted by molar-refractivity contribution is 9.10. The van der Waals surface area contributed by atoms with Crippen LogP contribution in [0.1, 0.15) is 5.56 Å². The smallest absolute Gasteiger partial charge is 0.291 e. The molecule has 4 rings (SSSR count). The van der Waals surface area contributed by atoms with E-state index in [1.54, 1.807) is 39.5 Å². The molecule has 4 aromatic rings. The van der Waals surface area contributed by atoms with E-state index in [9.17, 15) is 4.79 Å². The van der Waals surface area contributed by atoms with Gasteiger partial charge in [0.2, 0.25) is 10.7 Å². The van der Waals surface area contributed by atoms with Crippen molar-refractivity contribution in [2.24, 2.45) is 0 Å². The number of fused-ring (bicyclic) bond motifs is 1. The molecule has 0 saturated carbocycles. The normalized spacial score (nSPS) is 11.8. The Morgan fingerprint density at radius 2 is 1.69 bits per heavy atom. The van der Waals surface area contributed by atoms with Crippen molar-refractivity contribution >= 4 is 38.3 Å². The predicted octanol–water partition coefficient (Wildman–Crippen LogP) is 3.15. The molecule has 9 heteroatoms. The standard InChI is InChI=1S/C20H16BrN3O4S/c1-26-14-8-11(9-15(27-2)17(14)28-3)10-16-19(25)24-20(29-16)22-18(23-24)12-4-6-13(21)7-5-12/h4-10H,1-3H3/b16-10+. The zero-order valence-corrected chi connectivity index (χ0v) is 18.2. The van der Waals surface area contributed by atoms with Crippen LogP contribution in [0.15, 0.2) is 45.7 Å². The van der Waals surface area contributed by atoms with Crippen molar-refractivity contribution in [3.05, 3.63) is 61.3 Å². The van der Waals surface area contributed by atoms with Crippen molar-refractivity contribution in [1.82, 2.24) is 14.6 Å². The summed E-state index contributed by atoms with van der Waals surface area (Å²) >= 11 is 4.68. The Hall–Kier alpha value is -2.91. The lowest BCUT2D eigenvalue weighted by Crippen LogP contribution is -2.23. The van der Waals surface area contributed by atoms with Crippen LogP contribution >= 0.6 is 27.3 Å². The molecule has 0 amide bonds. The van der Waals surface area contributed by atoms with Gasteiger partial charge < -0.3 is 14.2 Å². The number of hydrogen-bond donors (Lipinski definition) is 0. The zero-order chi connectivity index (χ0) is 20.5. The third-order valence-corrected chi connectivity index (χ3v) is 5.76. The van der Waals surface area contributed by atoms with Crippen molar-refractivity contribution in [2.45, 2.75) is 0 Å². The fraction of sp³-hybridized carbons (Fsp3) is 0.150. The summed E-state index contributed by atoms with van der Waals surface area (Å²) in [6.45, 7) is 0. The van der Waals surface area contributed by atoms with Gasteiger partial charge in [-0.15, -0.1) is 5.10 Å². The average molecular weight is 474 g/mol. The van der Waals surface area contributed by atoms with Crippen molar-refractivity contribution < 1.29 is 14.2 Å². The minimum absolute atomic E-state index is 0.227. The highest BCUT2D eigenvalue weighted by atomic mass is 79.9. The third kappa shape index (κ3) is 3.58. The molecule has 7 nitrogen and oxygen atoms in total. The summed E-state index contributed by atoms with van der Waals surface area (Å²) in [6.07, 6.45) is 1.76. The molecule has 29 heavy (non-hydrogen) atoms. The van der Waals surface area contributed by atoms with E-state index in [2.05, 4.69) is 26.0 Å². The largest absolute Gasteiger partial charge is 0.493 e. The van der Waals surface area contributed by atoms with E-state index in [1.807, 2.05) is 24.3 Å². The summed E-state index contributed by atoms with van der Waals surface area (Å²) in [5.74, 6) is 2.04. The first kappa shape index (κ1) is 19.4. The van der Waals surface area contributed by atoms with Crippen molar-refractivity contribution in [3.8, 4) is 28.6 Å². The molecule has 0 aliphatic carbocycles. The van der Waals surface area contributed by atoms with E-state index in [0.29, 0.717) is 32.6 Å². The van der Waals surface area contributed by atoms with Crippen LogP contribution < -0.4 is 24.3 Å². The molecule has 0 aliphatic rings. The number of ether oxygens (including phenoxy) is 3. The topological polar surface area (TPSA) is 75.0 Å². The van der Waals surface area contributed by atoms with Gasteiger partial charge in [0.25, 0.3) is 5.56 Å². The van der Waals surface area contributed by atoms with Crippen molar-refractivity contribution in [2.75, 3.05) is 21.3 Å². The maximum absolute atomic E-state index is 12.8. The summed E-state index contributed by atoms with van der Waals surface area (Å²) < 4.78 is 18.9. The summed E-state index contributed by atoms with van der Waals surface area (Å²) in [7, 11) is 4.64. The number of rotatable bonds is 5. The third-order valence-electron chi connectivity index (χ3n) is 4.27.